The monoisotopic (exact) mass is 462 g/mol. The minimum atomic E-state index is 0.418. The quantitative estimate of drug-likeness (QED) is 0.259. The lowest BCUT2D eigenvalue weighted by Crippen LogP contribution is -2.18. The van der Waals surface area contributed by atoms with Crippen LogP contribution in [0.5, 0.6) is 0 Å². The lowest BCUT2D eigenvalue weighted by molar-refractivity contribution is 1.19. The van der Waals surface area contributed by atoms with Crippen molar-refractivity contribution in [3.05, 3.63) is 126 Å². The Morgan fingerprint density at radius 1 is 0.639 bits per heavy atom. The van der Waals surface area contributed by atoms with Gasteiger partial charge in [0.2, 0.25) is 0 Å². The molecule has 0 saturated heterocycles. The standard InChI is InChI=1S/C32H22N4/c33-32-28(35-34-23-8-2-1-3-9-23)19-17-22-15-14-21-16-18-24(20-27(21)31(22)32)36-29-12-6-4-10-25(29)26-11-5-7-13-30(26)36/h1-20,33-34H/b33-32?,35-28-. The Bertz CT molecular complexity index is 1820. The van der Waals surface area contributed by atoms with E-state index < -0.39 is 0 Å². The number of fused-ring (bicyclic) bond motifs is 6. The van der Waals surface area contributed by atoms with E-state index in [2.05, 4.69) is 94.0 Å². The maximum atomic E-state index is 9.05. The molecule has 4 nitrogen and oxygen atoms in total. The smallest absolute Gasteiger partial charge is 0.109 e. The molecule has 0 atom stereocenters. The molecular weight excluding hydrogens is 440 g/mol. The molecule has 1 heterocycles. The predicted octanol–water partition coefficient (Wildman–Crippen LogP) is 7.80. The zero-order chi connectivity index (χ0) is 24.1. The fraction of sp³-hybridized carbons (Fsp3) is 0. The molecule has 0 amide bonds. The Labute approximate surface area is 208 Å². The summed E-state index contributed by atoms with van der Waals surface area (Å²) >= 11 is 0. The molecule has 36 heavy (non-hydrogen) atoms. The number of hydrogen-bond acceptors (Lipinski definition) is 3. The molecule has 0 radical (unpaired) electrons. The molecule has 1 aromatic heterocycles. The number of benzene rings is 5. The van der Waals surface area contributed by atoms with Crippen LogP contribution in [0.3, 0.4) is 0 Å². The van der Waals surface area contributed by atoms with Crippen molar-refractivity contribution in [2.45, 2.75) is 0 Å². The first-order valence-electron chi connectivity index (χ1n) is 12.0. The first kappa shape index (κ1) is 20.4. The van der Waals surface area contributed by atoms with Gasteiger partial charge in [-0.1, -0.05) is 78.9 Å². The maximum absolute atomic E-state index is 9.05. The van der Waals surface area contributed by atoms with E-state index in [-0.39, 0.29) is 0 Å². The fourth-order valence-electron chi connectivity index (χ4n) is 5.19. The highest BCUT2D eigenvalue weighted by molar-refractivity contribution is 6.55. The number of aromatic nitrogens is 1. The van der Waals surface area contributed by atoms with Crippen LogP contribution < -0.4 is 5.43 Å². The normalized spacial score (nSPS) is 14.1. The van der Waals surface area contributed by atoms with E-state index in [4.69, 9.17) is 5.41 Å². The third kappa shape index (κ3) is 3.16. The summed E-state index contributed by atoms with van der Waals surface area (Å²) in [5, 5.41) is 18.2. The minimum Gasteiger partial charge on any atom is -0.309 e. The van der Waals surface area contributed by atoms with Crippen molar-refractivity contribution in [3.8, 4) is 5.69 Å². The van der Waals surface area contributed by atoms with Crippen LogP contribution in [0.2, 0.25) is 0 Å². The van der Waals surface area contributed by atoms with Crippen LogP contribution in [0, 0.1) is 5.41 Å². The molecule has 2 N–H and O–H groups in total. The van der Waals surface area contributed by atoms with E-state index in [9.17, 15) is 0 Å². The summed E-state index contributed by atoms with van der Waals surface area (Å²) in [5.74, 6) is 0. The molecule has 0 fully saturated rings. The second-order valence-corrected chi connectivity index (χ2v) is 8.99. The number of nitrogens with zero attached hydrogens (tertiary/aromatic N) is 2. The van der Waals surface area contributed by atoms with Crippen molar-refractivity contribution in [2.75, 3.05) is 5.43 Å². The third-order valence-electron chi connectivity index (χ3n) is 6.88. The van der Waals surface area contributed by atoms with Crippen molar-refractivity contribution in [1.29, 1.82) is 5.41 Å². The van der Waals surface area contributed by atoms with Crippen LogP contribution in [-0.4, -0.2) is 16.0 Å². The molecule has 0 unspecified atom stereocenters. The average Bonchev–Trinajstić information content (AvgIpc) is 3.27. The second-order valence-electron chi connectivity index (χ2n) is 8.99. The molecule has 7 rings (SSSR count). The van der Waals surface area contributed by atoms with Gasteiger partial charge in [-0.3, -0.25) is 10.8 Å². The number of nitrogens with one attached hydrogen (secondary N) is 2. The van der Waals surface area contributed by atoms with Crippen LogP contribution in [0.1, 0.15) is 11.1 Å². The molecule has 0 aliphatic heterocycles. The number of hydrazone groups is 1. The van der Waals surface area contributed by atoms with Crippen LogP contribution in [0.15, 0.2) is 120 Å². The van der Waals surface area contributed by atoms with Gasteiger partial charge in [-0.2, -0.15) is 5.10 Å². The lowest BCUT2D eigenvalue weighted by atomic mass is 9.89. The van der Waals surface area contributed by atoms with Crippen LogP contribution in [0.25, 0.3) is 44.3 Å². The Morgan fingerprint density at radius 2 is 1.31 bits per heavy atom. The highest BCUT2D eigenvalue weighted by atomic mass is 15.3. The number of hydrogen-bond donors (Lipinski definition) is 2. The van der Waals surface area contributed by atoms with Crippen LogP contribution >= 0.6 is 0 Å². The zero-order valence-corrected chi connectivity index (χ0v) is 19.4. The van der Waals surface area contributed by atoms with E-state index in [1.165, 1.54) is 21.8 Å². The zero-order valence-electron chi connectivity index (χ0n) is 19.4. The lowest BCUT2D eigenvalue weighted by Gasteiger charge is -2.18. The minimum absolute atomic E-state index is 0.418. The van der Waals surface area contributed by atoms with Gasteiger partial charge >= 0.3 is 0 Å². The molecule has 0 bridgehead atoms. The highest BCUT2D eigenvalue weighted by Gasteiger charge is 2.20. The van der Waals surface area contributed by atoms with Gasteiger partial charge in [0.1, 0.15) is 5.71 Å². The fourth-order valence-corrected chi connectivity index (χ4v) is 5.19. The summed E-state index contributed by atoms with van der Waals surface area (Å²) in [6.07, 6.45) is 3.95. The van der Waals surface area contributed by atoms with E-state index >= 15 is 0 Å². The summed E-state index contributed by atoms with van der Waals surface area (Å²) in [7, 11) is 0. The van der Waals surface area contributed by atoms with E-state index in [1.807, 2.05) is 42.5 Å². The van der Waals surface area contributed by atoms with Crippen LogP contribution in [-0.2, 0) is 0 Å². The molecule has 170 valence electrons. The van der Waals surface area contributed by atoms with Crippen molar-refractivity contribution in [3.63, 3.8) is 0 Å². The number of para-hydroxylation sites is 3. The van der Waals surface area contributed by atoms with E-state index in [0.29, 0.717) is 11.4 Å². The Kier molecular flexibility index (Phi) is 4.57. The topological polar surface area (TPSA) is 53.2 Å². The molecule has 4 heteroatoms. The van der Waals surface area contributed by atoms with Gasteiger partial charge in [0.15, 0.2) is 0 Å². The van der Waals surface area contributed by atoms with Gasteiger partial charge in [-0.15, -0.1) is 0 Å². The van der Waals surface area contributed by atoms with Gasteiger partial charge in [-0.25, -0.2) is 0 Å². The van der Waals surface area contributed by atoms with Crippen molar-refractivity contribution < 1.29 is 0 Å². The molecule has 6 aromatic rings. The summed E-state index contributed by atoms with van der Waals surface area (Å²) in [6, 6.07) is 37.6. The van der Waals surface area contributed by atoms with Gasteiger partial charge in [0.05, 0.1) is 22.4 Å². The molecule has 1 aliphatic carbocycles. The van der Waals surface area contributed by atoms with Crippen molar-refractivity contribution >= 4 is 55.8 Å². The summed E-state index contributed by atoms with van der Waals surface area (Å²) in [4.78, 5) is 0. The molecule has 5 aromatic carbocycles. The van der Waals surface area contributed by atoms with Crippen molar-refractivity contribution in [2.24, 2.45) is 5.10 Å². The van der Waals surface area contributed by atoms with Gasteiger partial charge in [-0.05, 0) is 58.8 Å². The van der Waals surface area contributed by atoms with Gasteiger partial charge in [0.25, 0.3) is 0 Å². The number of rotatable bonds is 3. The van der Waals surface area contributed by atoms with Crippen LogP contribution in [0.4, 0.5) is 5.69 Å². The first-order chi connectivity index (χ1) is 17.8. The van der Waals surface area contributed by atoms with E-state index in [0.717, 1.165) is 33.3 Å². The Hall–Kier alpha value is -4.96. The summed E-state index contributed by atoms with van der Waals surface area (Å²) < 4.78 is 2.32. The molecule has 1 aliphatic rings. The Balaban J connectivity index is 1.40. The largest absolute Gasteiger partial charge is 0.309 e. The van der Waals surface area contributed by atoms with Gasteiger partial charge in [0, 0.05) is 22.0 Å². The summed E-state index contributed by atoms with van der Waals surface area (Å²) in [5.41, 5.74) is 10.4. The molecule has 0 saturated carbocycles. The molecule has 0 spiro atoms. The molecular formula is C32H22N4. The number of anilines is 1. The average molecular weight is 463 g/mol. The summed E-state index contributed by atoms with van der Waals surface area (Å²) in [6.45, 7) is 0. The van der Waals surface area contributed by atoms with Gasteiger partial charge < -0.3 is 4.57 Å². The SMILES string of the molecule is N=C1/C(=N\Nc2ccccc2)C=Cc2ccc3ccc(-n4c5ccccc5c5ccccc54)cc3c21. The second kappa shape index (κ2) is 8.07. The van der Waals surface area contributed by atoms with Crippen molar-refractivity contribution in [1.82, 2.24) is 4.57 Å². The highest BCUT2D eigenvalue weighted by Crippen LogP contribution is 2.34. The Morgan fingerprint density at radius 3 is 2.06 bits per heavy atom. The van der Waals surface area contributed by atoms with E-state index in [1.54, 1.807) is 0 Å². The first-order valence-corrected chi connectivity index (χ1v) is 12.0. The predicted molar refractivity (Wildman–Crippen MR) is 152 cm³/mol. The maximum Gasteiger partial charge on any atom is 0.109 e. The third-order valence-corrected chi connectivity index (χ3v) is 6.88. The number of allylic oxidation sites excluding steroid dienone is 1.